The van der Waals surface area contributed by atoms with Gasteiger partial charge >= 0.3 is 0 Å². The zero-order chi connectivity index (χ0) is 13.4. The third-order valence-corrected chi connectivity index (χ3v) is 7.58. The van der Waals surface area contributed by atoms with Crippen molar-refractivity contribution < 1.29 is 0 Å². The van der Waals surface area contributed by atoms with Crippen LogP contribution < -0.4 is 0 Å². The molecule has 19 heavy (non-hydrogen) atoms. The van der Waals surface area contributed by atoms with Crippen molar-refractivity contribution in [3.63, 3.8) is 0 Å². The van der Waals surface area contributed by atoms with E-state index < -0.39 is 0 Å². The molecule has 103 valence electrons. The van der Waals surface area contributed by atoms with Gasteiger partial charge in [0.1, 0.15) is 0 Å². The van der Waals surface area contributed by atoms with Crippen molar-refractivity contribution in [1.29, 1.82) is 0 Å². The van der Waals surface area contributed by atoms with E-state index in [1.54, 1.807) is 35.3 Å². The van der Waals surface area contributed by atoms with Crippen molar-refractivity contribution in [2.24, 2.45) is 0 Å². The molecule has 3 nitrogen and oxygen atoms in total. The molecule has 3 saturated heterocycles. The molecule has 0 N–H and O–H groups in total. The van der Waals surface area contributed by atoms with Crippen molar-refractivity contribution in [1.82, 2.24) is 14.4 Å². The topological polar surface area (TPSA) is 9.72 Å². The Morgan fingerprint density at radius 1 is 0.684 bits per heavy atom. The fourth-order valence-corrected chi connectivity index (χ4v) is 6.10. The molecular weight excluding hydrogens is 353 g/mol. The van der Waals surface area contributed by atoms with Gasteiger partial charge in [0.25, 0.3) is 0 Å². The number of nitrogens with zero attached hydrogens (tertiary/aromatic N) is 3. The lowest BCUT2D eigenvalue weighted by Crippen LogP contribution is -2.63. The van der Waals surface area contributed by atoms with Crippen molar-refractivity contribution in [3.05, 3.63) is 0 Å². The van der Waals surface area contributed by atoms with Gasteiger partial charge in [-0.3, -0.25) is 0 Å². The maximum Gasteiger partial charge on any atom is 0.193 e. The third kappa shape index (κ3) is 2.89. The van der Waals surface area contributed by atoms with Crippen LogP contribution >= 0.6 is 71.9 Å². The maximum atomic E-state index is 5.50. The van der Waals surface area contributed by atoms with Crippen LogP contribution in [0.3, 0.4) is 0 Å². The van der Waals surface area contributed by atoms with E-state index in [1.165, 1.54) is 0 Å². The summed E-state index contributed by atoms with van der Waals surface area (Å²) < 4.78 is 2.93. The molecule has 3 aliphatic rings. The van der Waals surface area contributed by atoms with Gasteiger partial charge in [0.05, 0.1) is 13.0 Å². The molecule has 0 aromatic carbocycles. The normalized spacial score (nSPS) is 24.5. The van der Waals surface area contributed by atoms with E-state index in [9.17, 15) is 0 Å². The Morgan fingerprint density at radius 3 is 1.21 bits per heavy atom. The average Bonchev–Trinajstić information content (AvgIpc) is 3.07. The first kappa shape index (κ1) is 14.7. The minimum absolute atomic E-state index is 0.104. The Balaban J connectivity index is 1.88. The second-order valence-electron chi connectivity index (χ2n) is 4.27. The van der Waals surface area contributed by atoms with Crippen LogP contribution in [0.2, 0.25) is 0 Å². The summed E-state index contributed by atoms with van der Waals surface area (Å²) in [5.74, 6) is 3.20. The molecule has 0 unspecified atom stereocenters. The molecule has 0 bridgehead atoms. The Hall–Kier alpha value is 0.785. The van der Waals surface area contributed by atoms with Crippen LogP contribution in [0.4, 0.5) is 0 Å². The smallest absolute Gasteiger partial charge is 0.193 e. The van der Waals surface area contributed by atoms with Crippen molar-refractivity contribution in [3.8, 4) is 0 Å². The van der Waals surface area contributed by atoms with E-state index in [2.05, 4.69) is 14.4 Å². The molecule has 3 rings (SSSR count). The predicted molar refractivity (Wildman–Crippen MR) is 101 cm³/mol. The molecule has 0 saturated carbocycles. The molecule has 3 heterocycles. The molecule has 0 aromatic heterocycles. The van der Waals surface area contributed by atoms with Crippen molar-refractivity contribution >= 4 is 92.0 Å². The van der Waals surface area contributed by atoms with Gasteiger partial charge in [-0.15, -0.1) is 0 Å². The van der Waals surface area contributed by atoms with Crippen LogP contribution in [0.1, 0.15) is 0 Å². The quantitative estimate of drug-likeness (QED) is 0.544. The summed E-state index contributed by atoms with van der Waals surface area (Å²) in [7, 11) is 0.104. The van der Waals surface area contributed by atoms with Crippen LogP contribution in [-0.2, 0) is 0 Å². The Bertz CT molecular complexity index is 370. The monoisotopic (exact) mass is 365 g/mol. The Labute approximate surface area is 142 Å². The van der Waals surface area contributed by atoms with Gasteiger partial charge in [-0.1, -0.05) is 71.9 Å². The van der Waals surface area contributed by atoms with Gasteiger partial charge in [0.15, 0.2) is 7.12 Å². The predicted octanol–water partition coefficient (Wildman–Crippen LogP) is 1.97. The standard InChI is InChI=1S/C9H12BN3S6/c14-7-11(1-4-17-7)10(12-2-5-18-8(12)15)13-3-6-19-9(13)16/h1-6H2/q-1. The van der Waals surface area contributed by atoms with Gasteiger partial charge in [0, 0.05) is 17.3 Å². The minimum atomic E-state index is 0.104. The van der Waals surface area contributed by atoms with Gasteiger partial charge < -0.3 is 14.4 Å². The number of thiocarbonyl (C=S) groups is 3. The molecule has 3 aliphatic heterocycles. The second kappa shape index (κ2) is 6.27. The Kier molecular flexibility index (Phi) is 4.85. The van der Waals surface area contributed by atoms with Crippen LogP contribution in [0.25, 0.3) is 0 Å². The largest absolute Gasteiger partial charge is 0.517 e. The second-order valence-corrected chi connectivity index (χ2v) is 9.46. The number of rotatable bonds is 3. The van der Waals surface area contributed by atoms with Crippen LogP contribution in [0, 0.1) is 0 Å². The highest BCUT2D eigenvalue weighted by Crippen LogP contribution is 2.30. The lowest BCUT2D eigenvalue weighted by Gasteiger charge is -2.53. The van der Waals surface area contributed by atoms with E-state index in [4.69, 9.17) is 36.7 Å². The molecular formula is C9H12BN3S6-. The number of hydrogen-bond acceptors (Lipinski definition) is 6. The highest BCUT2D eigenvalue weighted by atomic mass is 32.2. The van der Waals surface area contributed by atoms with E-state index in [0.29, 0.717) is 0 Å². The molecule has 10 heteroatoms. The van der Waals surface area contributed by atoms with E-state index in [-0.39, 0.29) is 7.12 Å². The minimum Gasteiger partial charge on any atom is -0.517 e. The summed E-state index contributed by atoms with van der Waals surface area (Å²) >= 11 is 21.8. The summed E-state index contributed by atoms with van der Waals surface area (Å²) in [6.07, 6.45) is 0. The summed E-state index contributed by atoms with van der Waals surface area (Å²) in [6.45, 7) is 2.96. The summed E-state index contributed by atoms with van der Waals surface area (Å²) in [5.41, 5.74) is 0. The van der Waals surface area contributed by atoms with Gasteiger partial charge in [-0.2, -0.15) is 0 Å². The molecule has 3 fully saturated rings. The lowest BCUT2D eigenvalue weighted by atomic mass is 9.85. The van der Waals surface area contributed by atoms with Gasteiger partial charge in [-0.25, -0.2) is 0 Å². The lowest BCUT2D eigenvalue weighted by molar-refractivity contribution is 0.494. The first-order valence-corrected chi connectivity index (χ1v) is 10.2. The van der Waals surface area contributed by atoms with Crippen molar-refractivity contribution in [2.45, 2.75) is 0 Å². The van der Waals surface area contributed by atoms with Crippen molar-refractivity contribution in [2.75, 3.05) is 36.9 Å². The molecule has 0 aliphatic carbocycles. The average molecular weight is 365 g/mol. The molecule has 0 amide bonds. The van der Waals surface area contributed by atoms with E-state index in [1.807, 2.05) is 0 Å². The first-order valence-electron chi connectivity index (χ1n) is 5.98. The zero-order valence-electron chi connectivity index (χ0n) is 10.1. The number of thioether (sulfide) groups is 3. The summed E-state index contributed by atoms with van der Waals surface area (Å²) in [5, 5.41) is 0. The SMILES string of the molecule is S=C1SCCN1[B-](N1CCSC1=S)N1CCSC1=S. The number of hydrogen-bond donors (Lipinski definition) is 0. The van der Waals surface area contributed by atoms with Crippen LogP contribution in [0.5, 0.6) is 0 Å². The fraction of sp³-hybridized carbons (Fsp3) is 0.667. The van der Waals surface area contributed by atoms with E-state index in [0.717, 1.165) is 49.9 Å². The highest BCUT2D eigenvalue weighted by molar-refractivity contribution is 8.24. The van der Waals surface area contributed by atoms with E-state index >= 15 is 0 Å². The van der Waals surface area contributed by atoms with Crippen LogP contribution in [-0.4, -0.2) is 71.4 Å². The highest BCUT2D eigenvalue weighted by Gasteiger charge is 2.33. The summed E-state index contributed by atoms with van der Waals surface area (Å²) in [4.78, 5) is 6.86. The first-order chi connectivity index (χ1) is 9.18. The van der Waals surface area contributed by atoms with Gasteiger partial charge in [0.2, 0.25) is 0 Å². The molecule has 0 atom stereocenters. The molecule has 1 radical (unpaired) electrons. The van der Waals surface area contributed by atoms with Crippen LogP contribution in [0.15, 0.2) is 0 Å². The van der Waals surface area contributed by atoms with Gasteiger partial charge in [-0.05, 0) is 19.6 Å². The maximum absolute atomic E-state index is 5.50. The zero-order valence-corrected chi connectivity index (χ0v) is 15.0. The third-order valence-electron chi connectivity index (χ3n) is 3.21. The molecule has 0 aromatic rings. The molecule has 0 spiro atoms. The summed E-state index contributed by atoms with van der Waals surface area (Å²) in [6, 6.07) is 0. The fourth-order valence-electron chi connectivity index (χ4n) is 2.35. The Morgan fingerprint density at radius 2 is 1.00 bits per heavy atom.